The molecule has 0 saturated carbocycles. The second-order valence-corrected chi connectivity index (χ2v) is 4.10. The maximum Gasteiger partial charge on any atom is 0.408 e. The van der Waals surface area contributed by atoms with Gasteiger partial charge in [-0.25, -0.2) is 9.59 Å². The summed E-state index contributed by atoms with van der Waals surface area (Å²) >= 11 is 0. The predicted octanol–water partition coefficient (Wildman–Crippen LogP) is -0.980. The van der Waals surface area contributed by atoms with Crippen molar-refractivity contribution in [1.82, 2.24) is 20.4 Å². The lowest BCUT2D eigenvalue weighted by atomic mass is 10.1. The quantitative estimate of drug-likeness (QED) is 0.571. The molecule has 9 heteroatoms. The van der Waals surface area contributed by atoms with Gasteiger partial charge in [0.1, 0.15) is 12.6 Å². The molecule has 1 rings (SSSR count). The molecule has 110 valence electrons. The lowest BCUT2D eigenvalue weighted by molar-refractivity contribution is -0.133. The molecule has 1 aliphatic heterocycles. The second-order valence-electron chi connectivity index (χ2n) is 4.10. The van der Waals surface area contributed by atoms with Crippen molar-refractivity contribution in [3.05, 3.63) is 0 Å². The van der Waals surface area contributed by atoms with Crippen LogP contribution in [-0.4, -0.2) is 71.7 Å². The Morgan fingerprint density at radius 1 is 1.55 bits per heavy atom. The fraction of sp³-hybridized carbons (Fsp3) is 0.636. The van der Waals surface area contributed by atoms with Crippen molar-refractivity contribution in [2.24, 2.45) is 0 Å². The number of nitriles is 1. The van der Waals surface area contributed by atoms with Crippen molar-refractivity contribution in [2.75, 3.05) is 32.7 Å². The highest BCUT2D eigenvalue weighted by Crippen LogP contribution is 2.08. The normalized spacial score (nSPS) is 18.0. The van der Waals surface area contributed by atoms with Gasteiger partial charge in [-0.3, -0.25) is 14.6 Å². The molecular formula is C11H17N5O4. The van der Waals surface area contributed by atoms with E-state index in [1.165, 1.54) is 0 Å². The number of amides is 4. The first-order chi connectivity index (χ1) is 9.52. The highest BCUT2D eigenvalue weighted by Gasteiger charge is 2.36. The van der Waals surface area contributed by atoms with E-state index in [0.717, 1.165) is 9.80 Å². The van der Waals surface area contributed by atoms with E-state index in [2.05, 4.69) is 10.6 Å². The Morgan fingerprint density at radius 2 is 2.25 bits per heavy atom. The number of rotatable bonds is 3. The van der Waals surface area contributed by atoms with Crippen LogP contribution in [0.15, 0.2) is 0 Å². The van der Waals surface area contributed by atoms with Crippen LogP contribution in [0.2, 0.25) is 0 Å². The largest absolute Gasteiger partial charge is 0.465 e. The van der Waals surface area contributed by atoms with Crippen molar-refractivity contribution >= 4 is 18.0 Å². The van der Waals surface area contributed by atoms with Crippen molar-refractivity contribution in [2.45, 2.75) is 13.0 Å². The average Bonchev–Trinajstić information content (AvgIpc) is 2.45. The fourth-order valence-corrected chi connectivity index (χ4v) is 1.94. The molecular weight excluding hydrogens is 266 g/mol. The number of urea groups is 1. The van der Waals surface area contributed by atoms with E-state index in [1.807, 2.05) is 0 Å². The van der Waals surface area contributed by atoms with Crippen molar-refractivity contribution < 1.29 is 19.5 Å². The number of carbonyl (C=O) groups is 3. The zero-order valence-corrected chi connectivity index (χ0v) is 11.1. The van der Waals surface area contributed by atoms with Gasteiger partial charge in [0.2, 0.25) is 0 Å². The number of carboxylic acid groups (broad SMARTS) is 1. The van der Waals surface area contributed by atoms with Crippen LogP contribution < -0.4 is 10.6 Å². The van der Waals surface area contributed by atoms with Crippen LogP contribution in [0.25, 0.3) is 0 Å². The molecule has 1 atom stereocenters. The molecule has 9 nitrogen and oxygen atoms in total. The summed E-state index contributed by atoms with van der Waals surface area (Å²) in [5.41, 5.74) is 0. The molecule has 1 aliphatic rings. The summed E-state index contributed by atoms with van der Waals surface area (Å²) in [6.45, 7) is 2.29. The topological polar surface area (TPSA) is 126 Å². The summed E-state index contributed by atoms with van der Waals surface area (Å²) in [5.74, 6) is -0.600. The lowest BCUT2D eigenvalue weighted by Crippen LogP contribution is -2.61. The van der Waals surface area contributed by atoms with E-state index in [0.29, 0.717) is 6.54 Å². The number of carbonyl (C=O) groups excluding carboxylic acids is 2. The second kappa shape index (κ2) is 7.30. The lowest BCUT2D eigenvalue weighted by Gasteiger charge is -2.35. The van der Waals surface area contributed by atoms with Gasteiger partial charge in [0.05, 0.1) is 6.07 Å². The summed E-state index contributed by atoms with van der Waals surface area (Å²) in [6, 6.07) is 0.101. The number of hydrogen-bond acceptors (Lipinski definition) is 5. The van der Waals surface area contributed by atoms with E-state index < -0.39 is 24.1 Å². The van der Waals surface area contributed by atoms with Crippen molar-refractivity contribution in [3.63, 3.8) is 0 Å². The maximum atomic E-state index is 12.3. The van der Waals surface area contributed by atoms with E-state index >= 15 is 0 Å². The van der Waals surface area contributed by atoms with Crippen molar-refractivity contribution in [3.8, 4) is 6.07 Å². The molecule has 0 aromatic carbocycles. The van der Waals surface area contributed by atoms with Crippen LogP contribution in [0.3, 0.4) is 0 Å². The van der Waals surface area contributed by atoms with Crippen LogP contribution in [0.5, 0.6) is 0 Å². The molecule has 1 heterocycles. The third-order valence-electron chi connectivity index (χ3n) is 2.92. The Bertz CT molecular complexity index is 433. The van der Waals surface area contributed by atoms with Gasteiger partial charge in [0.25, 0.3) is 5.91 Å². The number of piperazine rings is 1. The molecule has 0 aromatic rings. The van der Waals surface area contributed by atoms with E-state index in [9.17, 15) is 14.4 Å². The van der Waals surface area contributed by atoms with Gasteiger partial charge in [0.15, 0.2) is 0 Å². The molecule has 0 aromatic heterocycles. The summed E-state index contributed by atoms with van der Waals surface area (Å²) < 4.78 is 0. The molecule has 0 spiro atoms. The van der Waals surface area contributed by atoms with Gasteiger partial charge >= 0.3 is 12.1 Å². The van der Waals surface area contributed by atoms with Gasteiger partial charge < -0.3 is 15.7 Å². The molecule has 0 aliphatic carbocycles. The van der Waals surface area contributed by atoms with Gasteiger partial charge in [0, 0.05) is 26.2 Å². The average molecular weight is 283 g/mol. The van der Waals surface area contributed by atoms with Crippen LogP contribution in [0.4, 0.5) is 9.59 Å². The SMILES string of the molecule is CCN(C(=O)NCC#N)C(=O)C1CNCCN1C(=O)O. The molecule has 3 N–H and O–H groups in total. The first-order valence-corrected chi connectivity index (χ1v) is 6.19. The highest BCUT2D eigenvalue weighted by molar-refractivity contribution is 5.98. The Labute approximate surface area is 116 Å². The van der Waals surface area contributed by atoms with Crippen LogP contribution in [0, 0.1) is 11.3 Å². The van der Waals surface area contributed by atoms with Gasteiger partial charge in [-0.1, -0.05) is 0 Å². The number of nitrogens with one attached hydrogen (secondary N) is 2. The third-order valence-corrected chi connectivity index (χ3v) is 2.92. The van der Waals surface area contributed by atoms with E-state index in [1.54, 1.807) is 13.0 Å². The van der Waals surface area contributed by atoms with Crippen LogP contribution in [0.1, 0.15) is 6.92 Å². The minimum Gasteiger partial charge on any atom is -0.465 e. The predicted molar refractivity (Wildman–Crippen MR) is 67.8 cm³/mol. The minimum atomic E-state index is -1.20. The summed E-state index contributed by atoms with van der Waals surface area (Å²) in [4.78, 5) is 37.1. The van der Waals surface area contributed by atoms with Gasteiger partial charge in [-0.15, -0.1) is 0 Å². The van der Waals surface area contributed by atoms with E-state index in [-0.39, 0.29) is 26.2 Å². The Balaban J connectivity index is 2.80. The summed E-state index contributed by atoms with van der Waals surface area (Å²) in [7, 11) is 0. The Hall–Kier alpha value is -2.34. The standard InChI is InChI=1S/C11H17N5O4/c1-2-15(10(18)14-4-3-12)9(17)8-7-13-5-6-16(8)11(19)20/h8,13H,2,4-7H2,1H3,(H,14,18)(H,19,20). The third kappa shape index (κ3) is 3.58. The number of imide groups is 1. The molecule has 20 heavy (non-hydrogen) atoms. The van der Waals surface area contributed by atoms with Gasteiger partial charge in [-0.05, 0) is 6.92 Å². The molecule has 1 fully saturated rings. The Morgan fingerprint density at radius 3 is 2.80 bits per heavy atom. The monoisotopic (exact) mass is 283 g/mol. The Kier molecular flexibility index (Phi) is 5.74. The van der Waals surface area contributed by atoms with Crippen molar-refractivity contribution in [1.29, 1.82) is 5.26 Å². The zero-order chi connectivity index (χ0) is 15.1. The van der Waals surface area contributed by atoms with Crippen LogP contribution in [-0.2, 0) is 4.79 Å². The number of likely N-dealkylation sites (N-methyl/N-ethyl adjacent to an activating group) is 1. The minimum absolute atomic E-state index is 0.0973. The maximum absolute atomic E-state index is 12.3. The smallest absolute Gasteiger partial charge is 0.408 e. The molecule has 0 radical (unpaired) electrons. The molecule has 4 amide bonds. The molecule has 1 unspecified atom stereocenters. The molecule has 0 bridgehead atoms. The first kappa shape index (κ1) is 15.7. The number of hydrogen-bond donors (Lipinski definition) is 3. The molecule has 1 saturated heterocycles. The first-order valence-electron chi connectivity index (χ1n) is 6.19. The highest BCUT2D eigenvalue weighted by atomic mass is 16.4. The van der Waals surface area contributed by atoms with E-state index in [4.69, 9.17) is 10.4 Å². The van der Waals surface area contributed by atoms with Crippen LogP contribution >= 0.6 is 0 Å². The summed E-state index contributed by atoms with van der Waals surface area (Å²) in [5, 5.41) is 22.7. The summed E-state index contributed by atoms with van der Waals surface area (Å²) in [6.07, 6.45) is -1.20. The fourth-order valence-electron chi connectivity index (χ4n) is 1.94. The zero-order valence-electron chi connectivity index (χ0n) is 11.1. The number of nitrogens with zero attached hydrogens (tertiary/aromatic N) is 3. The van der Waals surface area contributed by atoms with Gasteiger partial charge in [-0.2, -0.15) is 5.26 Å².